The van der Waals surface area contributed by atoms with E-state index in [1.807, 2.05) is 68.4 Å². The summed E-state index contributed by atoms with van der Waals surface area (Å²) in [6, 6.07) is 15.0. The first kappa shape index (κ1) is 40.2. The van der Waals surface area contributed by atoms with Crippen LogP contribution in [0.3, 0.4) is 0 Å². The van der Waals surface area contributed by atoms with Crippen LogP contribution in [0.2, 0.25) is 0 Å². The molecule has 1 spiro atoms. The number of nitrogens with one attached hydrogen (secondary N) is 1. The Morgan fingerprint density at radius 1 is 1.08 bits per heavy atom. The van der Waals surface area contributed by atoms with Crippen molar-refractivity contribution in [3.8, 4) is 0 Å². The Hall–Kier alpha value is -4.00. The third-order valence-corrected chi connectivity index (χ3v) is 11.7. The zero-order valence-electron chi connectivity index (χ0n) is 31.2. The van der Waals surface area contributed by atoms with E-state index in [0.717, 1.165) is 18.8 Å². The van der Waals surface area contributed by atoms with E-state index in [1.54, 1.807) is 17.1 Å². The number of benzene rings is 2. The number of aliphatic hydroxyl groups excluding tert-OH is 1. The Kier molecular flexibility index (Phi) is 13.2. The van der Waals surface area contributed by atoms with Crippen LogP contribution in [-0.4, -0.2) is 95.1 Å². The maximum Gasteiger partial charge on any atom is 0.313 e. The summed E-state index contributed by atoms with van der Waals surface area (Å²) < 4.78 is 13.0. The van der Waals surface area contributed by atoms with Gasteiger partial charge in [0.15, 0.2) is 0 Å². The van der Waals surface area contributed by atoms with Gasteiger partial charge in [0.2, 0.25) is 11.8 Å². The van der Waals surface area contributed by atoms with Gasteiger partial charge in [0.25, 0.3) is 5.91 Å². The number of allylic oxidation sites excluding steroid dienone is 1. The fourth-order valence-electron chi connectivity index (χ4n) is 8.27. The smallest absolute Gasteiger partial charge is 0.313 e. The van der Waals surface area contributed by atoms with Crippen molar-refractivity contribution in [2.24, 2.45) is 17.8 Å². The summed E-state index contributed by atoms with van der Waals surface area (Å²) in [4.78, 5) is 61.8. The number of carbonyl (C=O) groups excluding carboxylic acids is 4. The number of nitrogens with zero attached hydrogens (tertiary/aromatic N) is 3. The van der Waals surface area contributed by atoms with Crippen molar-refractivity contribution in [2.75, 3.05) is 42.6 Å². The summed E-state index contributed by atoms with van der Waals surface area (Å²) in [5.41, 5.74) is 0.954. The first-order valence-electron chi connectivity index (χ1n) is 18.6. The lowest BCUT2D eigenvalue weighted by atomic mass is 9.70. The Bertz CT molecular complexity index is 1630. The molecule has 2 aromatic rings. The lowest BCUT2D eigenvalue weighted by Gasteiger charge is -2.40. The van der Waals surface area contributed by atoms with Crippen molar-refractivity contribution in [3.05, 3.63) is 85.5 Å². The molecule has 3 amide bonds. The van der Waals surface area contributed by atoms with E-state index < -0.39 is 53.6 Å². The van der Waals surface area contributed by atoms with Gasteiger partial charge in [-0.05, 0) is 62.4 Å². The molecule has 12 heteroatoms. The van der Waals surface area contributed by atoms with Gasteiger partial charge in [0.1, 0.15) is 17.7 Å². The van der Waals surface area contributed by atoms with Crippen LogP contribution in [0.25, 0.3) is 0 Å². The molecule has 3 heterocycles. The first-order valence-corrected chi connectivity index (χ1v) is 19.5. The SMILES string of the molecule is C=CCCC(=O)NC[C@H](OC(=O)[C@@H]1[C@H]2O[C@@]3(CC2Br)[C@H](C(=O)N(CC=C)c2ccc(N(CC)CC)cc2)N([C@@H](CO)C(C)C)C(=O)[C@@H]13)c1ccccc1. The number of esters is 1. The summed E-state index contributed by atoms with van der Waals surface area (Å²) in [6.45, 7) is 17.0. The second kappa shape index (κ2) is 17.4. The number of halogens is 1. The van der Waals surface area contributed by atoms with Gasteiger partial charge in [-0.25, -0.2) is 0 Å². The second-order valence-electron chi connectivity index (χ2n) is 14.3. The van der Waals surface area contributed by atoms with Gasteiger partial charge in [0.05, 0.1) is 37.1 Å². The average Bonchev–Trinajstić information content (AvgIpc) is 3.75. The molecule has 0 saturated carbocycles. The zero-order valence-corrected chi connectivity index (χ0v) is 32.7. The Morgan fingerprint density at radius 3 is 2.32 bits per heavy atom. The molecule has 2 bridgehead atoms. The standard InChI is InChI=1S/C41H53BrN4O7/c1-7-11-17-33(48)43-24-32(27-15-13-12-14-16-27)52-40(51)34-35-38(49)46(31(25-47)26(5)6)37(41(35)23-30(42)36(34)53-41)39(50)45(22-8-2)29-20-18-28(19-21-29)44(9-3)10-4/h7-8,12-16,18-21,26,30-32,34-37,47H,1-2,9-11,17,22-25H2,3-6H3,(H,43,48)/t30?,31-,32-,34-,35+,36-,37-,41+/m0/s1. The quantitative estimate of drug-likeness (QED) is 0.120. The van der Waals surface area contributed by atoms with E-state index in [2.05, 4.69) is 53.2 Å². The fraction of sp³-hybridized carbons (Fsp3) is 0.512. The summed E-state index contributed by atoms with van der Waals surface area (Å²) in [5, 5.41) is 13.6. The number of fused-ring (bicyclic) bond motifs is 1. The van der Waals surface area contributed by atoms with Crippen LogP contribution in [0.4, 0.5) is 11.4 Å². The third kappa shape index (κ3) is 7.82. The van der Waals surface area contributed by atoms with Crippen LogP contribution < -0.4 is 15.1 Å². The molecule has 2 aromatic carbocycles. The molecule has 3 fully saturated rings. The van der Waals surface area contributed by atoms with Gasteiger partial charge in [-0.2, -0.15) is 0 Å². The molecule has 53 heavy (non-hydrogen) atoms. The largest absolute Gasteiger partial charge is 0.455 e. The number of alkyl halides is 1. The highest BCUT2D eigenvalue weighted by Crippen LogP contribution is 2.61. The maximum absolute atomic E-state index is 15.1. The van der Waals surface area contributed by atoms with Gasteiger partial charge < -0.3 is 34.6 Å². The lowest BCUT2D eigenvalue weighted by molar-refractivity contribution is -0.161. The Morgan fingerprint density at radius 2 is 1.74 bits per heavy atom. The van der Waals surface area contributed by atoms with Crippen molar-refractivity contribution < 1.29 is 33.8 Å². The monoisotopic (exact) mass is 792 g/mol. The van der Waals surface area contributed by atoms with E-state index in [1.165, 1.54) is 4.90 Å². The van der Waals surface area contributed by atoms with Crippen molar-refractivity contribution in [1.82, 2.24) is 10.2 Å². The minimum atomic E-state index is -1.37. The summed E-state index contributed by atoms with van der Waals surface area (Å²) in [5.74, 6) is -3.96. The molecule has 0 aliphatic carbocycles. The summed E-state index contributed by atoms with van der Waals surface area (Å²) in [6.07, 6.45) is 2.76. The van der Waals surface area contributed by atoms with Crippen molar-refractivity contribution >= 4 is 51.0 Å². The van der Waals surface area contributed by atoms with E-state index in [-0.39, 0.29) is 48.7 Å². The van der Waals surface area contributed by atoms with Crippen LogP contribution in [0.5, 0.6) is 0 Å². The average molecular weight is 794 g/mol. The molecule has 3 aliphatic heterocycles. The number of hydrogen-bond acceptors (Lipinski definition) is 8. The minimum absolute atomic E-state index is 0.0300. The summed E-state index contributed by atoms with van der Waals surface area (Å²) in [7, 11) is 0. The maximum atomic E-state index is 15.1. The predicted octanol–water partition coefficient (Wildman–Crippen LogP) is 5.18. The Labute approximate surface area is 321 Å². The van der Waals surface area contributed by atoms with Crippen LogP contribution >= 0.6 is 15.9 Å². The second-order valence-corrected chi connectivity index (χ2v) is 15.5. The number of hydrogen-bond donors (Lipinski definition) is 2. The van der Waals surface area contributed by atoms with E-state index in [0.29, 0.717) is 24.1 Å². The third-order valence-electron chi connectivity index (χ3n) is 10.9. The molecule has 11 nitrogen and oxygen atoms in total. The normalized spacial score (nSPS) is 25.5. The number of ether oxygens (including phenoxy) is 2. The summed E-state index contributed by atoms with van der Waals surface area (Å²) >= 11 is 3.74. The molecule has 1 unspecified atom stereocenters. The number of anilines is 2. The highest BCUT2D eigenvalue weighted by atomic mass is 79.9. The predicted molar refractivity (Wildman–Crippen MR) is 209 cm³/mol. The van der Waals surface area contributed by atoms with Crippen LogP contribution in [0, 0.1) is 17.8 Å². The Balaban J connectivity index is 1.52. The van der Waals surface area contributed by atoms with E-state index >= 15 is 4.79 Å². The zero-order chi connectivity index (χ0) is 38.4. The van der Waals surface area contributed by atoms with Crippen molar-refractivity contribution in [1.29, 1.82) is 0 Å². The van der Waals surface area contributed by atoms with Gasteiger partial charge in [-0.15, -0.1) is 13.2 Å². The van der Waals surface area contributed by atoms with Gasteiger partial charge in [-0.1, -0.05) is 72.3 Å². The highest BCUT2D eigenvalue weighted by molar-refractivity contribution is 9.09. The highest BCUT2D eigenvalue weighted by Gasteiger charge is 2.77. The molecule has 8 atom stereocenters. The van der Waals surface area contributed by atoms with Crippen molar-refractivity contribution in [2.45, 2.75) is 81.7 Å². The van der Waals surface area contributed by atoms with Gasteiger partial charge in [0, 0.05) is 42.3 Å². The van der Waals surface area contributed by atoms with E-state index in [9.17, 15) is 19.5 Å². The van der Waals surface area contributed by atoms with Gasteiger partial charge in [-0.3, -0.25) is 19.2 Å². The molecular formula is C41H53BrN4O7. The molecular weight excluding hydrogens is 740 g/mol. The minimum Gasteiger partial charge on any atom is -0.455 e. The molecule has 3 aliphatic rings. The fourth-order valence-corrected chi connectivity index (χ4v) is 9.21. The molecule has 2 N–H and O–H groups in total. The number of likely N-dealkylation sites (tertiary alicyclic amines) is 1. The van der Waals surface area contributed by atoms with Crippen LogP contribution in [0.15, 0.2) is 79.9 Å². The first-order chi connectivity index (χ1) is 25.5. The van der Waals surface area contributed by atoms with E-state index in [4.69, 9.17) is 9.47 Å². The molecule has 0 aromatic heterocycles. The lowest BCUT2D eigenvalue weighted by Crippen LogP contribution is -2.60. The van der Waals surface area contributed by atoms with Gasteiger partial charge >= 0.3 is 5.97 Å². The number of aliphatic hydroxyl groups is 1. The molecule has 5 rings (SSSR count). The topological polar surface area (TPSA) is 129 Å². The molecule has 286 valence electrons. The van der Waals surface area contributed by atoms with Crippen LogP contribution in [-0.2, 0) is 28.7 Å². The van der Waals surface area contributed by atoms with Crippen LogP contribution in [0.1, 0.15) is 58.6 Å². The number of amides is 3. The molecule has 3 saturated heterocycles. The number of carbonyl (C=O) groups is 4. The number of rotatable bonds is 18. The van der Waals surface area contributed by atoms with Crippen molar-refractivity contribution in [3.63, 3.8) is 0 Å². The molecule has 0 radical (unpaired) electrons.